The molecule has 9 nitrogen and oxygen atoms in total. The highest BCUT2D eigenvalue weighted by Gasteiger charge is 2.37. The minimum Gasteiger partial charge on any atom is -0.465 e. The Balaban J connectivity index is 1.93. The topological polar surface area (TPSA) is 126 Å². The van der Waals surface area contributed by atoms with Crippen LogP contribution >= 0.6 is 0 Å². The number of benzene rings is 1. The molecule has 34 heavy (non-hydrogen) atoms. The van der Waals surface area contributed by atoms with Crippen molar-refractivity contribution >= 4 is 41.1 Å². The van der Waals surface area contributed by atoms with Crippen LogP contribution in [0.15, 0.2) is 24.3 Å². The van der Waals surface area contributed by atoms with E-state index >= 15 is 0 Å². The smallest absolute Gasteiger partial charge is 0.408 e. The van der Waals surface area contributed by atoms with Gasteiger partial charge in [0.05, 0.1) is 20.0 Å². The van der Waals surface area contributed by atoms with Gasteiger partial charge in [0, 0.05) is 35.1 Å². The number of amides is 2. The highest BCUT2D eigenvalue weighted by Crippen LogP contribution is 2.31. The van der Waals surface area contributed by atoms with Crippen LogP contribution in [0.5, 0.6) is 0 Å². The number of carboxylic acid groups (broad SMARTS) is 1. The highest BCUT2D eigenvalue weighted by molar-refractivity contribution is 7.85. The molecule has 3 rings (SSSR count). The molecule has 1 aliphatic heterocycles. The van der Waals surface area contributed by atoms with E-state index in [1.54, 1.807) is 19.6 Å². The number of carbonyl (C=O) groups excluding carboxylic acids is 1. The first kappa shape index (κ1) is 25.7. The SMILES string of the molecule is C[Si](C)(C)c1c(F)cc(NC(=O)C2c3ccc(COS(C)(=O)=O)nc3CCN2C(=O)O)cc1F. The average molecular weight is 514 g/mol. The fraction of sp³-hybridized carbons (Fsp3) is 0.381. The number of aromatic nitrogens is 1. The second-order valence-corrected chi connectivity index (χ2v) is 15.6. The van der Waals surface area contributed by atoms with Gasteiger partial charge in [0.15, 0.2) is 0 Å². The second kappa shape index (κ2) is 9.39. The van der Waals surface area contributed by atoms with Crippen molar-refractivity contribution in [3.05, 3.63) is 52.9 Å². The molecule has 2 heterocycles. The molecule has 0 spiro atoms. The van der Waals surface area contributed by atoms with Crippen molar-refractivity contribution in [1.82, 2.24) is 9.88 Å². The van der Waals surface area contributed by atoms with Crippen LogP contribution in [-0.2, 0) is 32.1 Å². The Morgan fingerprint density at radius 2 is 1.85 bits per heavy atom. The van der Waals surface area contributed by atoms with Crippen LogP contribution < -0.4 is 10.5 Å². The number of anilines is 1. The van der Waals surface area contributed by atoms with Gasteiger partial charge < -0.3 is 10.4 Å². The largest absolute Gasteiger partial charge is 0.465 e. The first-order valence-electron chi connectivity index (χ1n) is 10.3. The molecule has 1 aliphatic rings. The maximum atomic E-state index is 14.6. The quantitative estimate of drug-likeness (QED) is 0.449. The lowest BCUT2D eigenvalue weighted by Crippen LogP contribution is -2.45. The van der Waals surface area contributed by atoms with E-state index in [0.29, 0.717) is 5.69 Å². The van der Waals surface area contributed by atoms with Crippen LogP contribution in [0.4, 0.5) is 19.3 Å². The Morgan fingerprint density at radius 1 is 1.24 bits per heavy atom. The van der Waals surface area contributed by atoms with Gasteiger partial charge in [0.25, 0.3) is 16.0 Å². The lowest BCUT2D eigenvalue weighted by Gasteiger charge is -2.34. The number of fused-ring (bicyclic) bond motifs is 1. The van der Waals surface area contributed by atoms with Gasteiger partial charge in [-0.1, -0.05) is 25.7 Å². The van der Waals surface area contributed by atoms with Crippen molar-refractivity contribution in [2.75, 3.05) is 18.1 Å². The summed E-state index contributed by atoms with van der Waals surface area (Å²) in [5.41, 5.74) is 0.844. The predicted molar refractivity (Wildman–Crippen MR) is 123 cm³/mol. The van der Waals surface area contributed by atoms with Crippen LogP contribution in [0.25, 0.3) is 0 Å². The summed E-state index contributed by atoms with van der Waals surface area (Å²) in [6.07, 6.45) is -0.258. The zero-order chi connectivity index (χ0) is 25.4. The normalized spacial score (nSPS) is 16.2. The lowest BCUT2D eigenvalue weighted by molar-refractivity contribution is -0.121. The van der Waals surface area contributed by atoms with Crippen LogP contribution in [-0.4, -0.2) is 56.3 Å². The van der Waals surface area contributed by atoms with E-state index in [1.807, 2.05) is 0 Å². The molecule has 0 fully saturated rings. The van der Waals surface area contributed by atoms with E-state index in [-0.39, 0.29) is 41.7 Å². The monoisotopic (exact) mass is 513 g/mol. The van der Waals surface area contributed by atoms with Gasteiger partial charge in [-0.15, -0.1) is 0 Å². The summed E-state index contributed by atoms with van der Waals surface area (Å²) in [6, 6.07) is 3.62. The van der Waals surface area contributed by atoms with E-state index in [2.05, 4.69) is 10.3 Å². The summed E-state index contributed by atoms with van der Waals surface area (Å²) < 4.78 is 56.4. The number of halogens is 2. The highest BCUT2D eigenvalue weighted by atomic mass is 32.2. The molecule has 0 radical (unpaired) electrons. The third kappa shape index (κ3) is 5.77. The van der Waals surface area contributed by atoms with Crippen molar-refractivity contribution in [3.63, 3.8) is 0 Å². The maximum Gasteiger partial charge on any atom is 0.408 e. The third-order valence-corrected chi connectivity index (χ3v) is 7.76. The summed E-state index contributed by atoms with van der Waals surface area (Å²) in [7, 11) is -6.01. The van der Waals surface area contributed by atoms with Crippen molar-refractivity contribution < 1.29 is 36.1 Å². The molecule has 1 aromatic carbocycles. The third-order valence-electron chi connectivity index (χ3n) is 5.24. The summed E-state index contributed by atoms with van der Waals surface area (Å²) in [6.45, 7) is 5.00. The molecule has 1 atom stereocenters. The molecule has 2 N–H and O–H groups in total. The molecule has 13 heteroatoms. The van der Waals surface area contributed by atoms with Gasteiger partial charge in [-0.3, -0.25) is 18.9 Å². The van der Waals surface area contributed by atoms with E-state index < -0.39 is 47.9 Å². The number of nitrogens with one attached hydrogen (secondary N) is 1. The number of nitrogens with zero attached hydrogens (tertiary/aromatic N) is 2. The summed E-state index contributed by atoms with van der Waals surface area (Å²) in [5, 5.41) is 12.0. The van der Waals surface area contributed by atoms with Gasteiger partial charge >= 0.3 is 6.09 Å². The second-order valence-electron chi connectivity index (χ2n) is 8.99. The summed E-state index contributed by atoms with van der Waals surface area (Å²) >= 11 is 0. The molecule has 0 saturated heterocycles. The molecule has 1 aromatic heterocycles. The standard InChI is InChI=1S/C21H25F2N3O6SSi/c1-33(30,31)32-11-12-5-6-14-17(24-12)7-8-26(21(28)29)18(14)20(27)25-13-9-15(22)19(16(23)10-13)34(2,3)4/h5-6,9-10,18H,7-8,11H2,1-4H3,(H,25,27)(H,28,29). The summed E-state index contributed by atoms with van der Waals surface area (Å²) in [5.74, 6) is -2.35. The zero-order valence-corrected chi connectivity index (χ0v) is 20.9. The fourth-order valence-electron chi connectivity index (χ4n) is 3.84. The Bertz CT molecular complexity index is 1230. The van der Waals surface area contributed by atoms with Gasteiger partial charge in [-0.2, -0.15) is 8.42 Å². The van der Waals surface area contributed by atoms with Gasteiger partial charge in [-0.25, -0.2) is 13.6 Å². The Kier molecular flexibility index (Phi) is 7.10. The zero-order valence-electron chi connectivity index (χ0n) is 19.1. The number of pyridine rings is 1. The van der Waals surface area contributed by atoms with Crippen molar-refractivity contribution in [2.45, 2.75) is 38.7 Å². The molecule has 2 amide bonds. The minimum absolute atomic E-state index is 0.00807. The number of hydrogen-bond acceptors (Lipinski definition) is 6. The Labute approximate surface area is 196 Å². The van der Waals surface area contributed by atoms with E-state index in [9.17, 15) is 31.9 Å². The Morgan fingerprint density at radius 3 is 2.38 bits per heavy atom. The molecule has 2 aromatic rings. The van der Waals surface area contributed by atoms with Crippen LogP contribution in [0.3, 0.4) is 0 Å². The molecule has 0 bridgehead atoms. The van der Waals surface area contributed by atoms with Crippen LogP contribution in [0, 0.1) is 11.6 Å². The van der Waals surface area contributed by atoms with Gasteiger partial charge in [0.2, 0.25) is 0 Å². The first-order valence-corrected chi connectivity index (χ1v) is 15.6. The predicted octanol–water partition coefficient (Wildman–Crippen LogP) is 2.60. The summed E-state index contributed by atoms with van der Waals surface area (Å²) in [4.78, 5) is 30.1. The van der Waals surface area contributed by atoms with Crippen molar-refractivity contribution in [1.29, 1.82) is 0 Å². The maximum absolute atomic E-state index is 14.6. The van der Waals surface area contributed by atoms with Crippen LogP contribution in [0.2, 0.25) is 19.6 Å². The molecule has 1 unspecified atom stereocenters. The molecule has 184 valence electrons. The average Bonchev–Trinajstić information content (AvgIpc) is 2.68. The molecular formula is C21H25F2N3O6SSi. The van der Waals surface area contributed by atoms with Gasteiger partial charge in [-0.05, 0) is 18.2 Å². The fourth-order valence-corrected chi connectivity index (χ4v) is 5.75. The first-order chi connectivity index (χ1) is 15.7. The van der Waals surface area contributed by atoms with Crippen molar-refractivity contribution in [2.24, 2.45) is 0 Å². The molecule has 0 saturated carbocycles. The Hall–Kier alpha value is -2.90. The van der Waals surface area contributed by atoms with E-state index in [1.165, 1.54) is 12.1 Å². The van der Waals surface area contributed by atoms with Crippen molar-refractivity contribution in [3.8, 4) is 0 Å². The van der Waals surface area contributed by atoms with E-state index in [0.717, 1.165) is 23.3 Å². The lowest BCUT2D eigenvalue weighted by atomic mass is 9.96. The van der Waals surface area contributed by atoms with Crippen LogP contribution in [0.1, 0.15) is 23.0 Å². The number of carbonyl (C=O) groups is 2. The number of rotatable bonds is 6. The molecule has 0 aliphatic carbocycles. The molecular weight excluding hydrogens is 488 g/mol. The van der Waals surface area contributed by atoms with Gasteiger partial charge in [0.1, 0.15) is 24.3 Å². The minimum atomic E-state index is -3.69. The van der Waals surface area contributed by atoms with E-state index in [4.69, 9.17) is 4.18 Å². The number of hydrogen-bond donors (Lipinski definition) is 2.